The van der Waals surface area contributed by atoms with Gasteiger partial charge in [0.15, 0.2) is 0 Å². The minimum Gasteiger partial charge on any atom is -0.354 e. The van der Waals surface area contributed by atoms with Crippen LogP contribution in [0.2, 0.25) is 0 Å². The molecule has 28 heavy (non-hydrogen) atoms. The molecule has 2 heterocycles. The Balaban J connectivity index is 1.87. The summed E-state index contributed by atoms with van der Waals surface area (Å²) in [6.45, 7) is 9.18. The van der Waals surface area contributed by atoms with Gasteiger partial charge in [-0.05, 0) is 25.3 Å². The largest absolute Gasteiger partial charge is 0.354 e. The Morgan fingerprint density at radius 3 is 2.71 bits per heavy atom. The topological polar surface area (TPSA) is 81.8 Å². The highest BCUT2D eigenvalue weighted by Gasteiger charge is 2.43. The number of nitrogens with zero attached hydrogens (tertiary/aromatic N) is 2. The van der Waals surface area contributed by atoms with E-state index in [0.717, 1.165) is 11.1 Å². The number of amides is 4. The first-order valence-corrected chi connectivity index (χ1v) is 9.75. The predicted octanol–water partition coefficient (Wildman–Crippen LogP) is 1.95. The van der Waals surface area contributed by atoms with Crippen LogP contribution in [0.15, 0.2) is 35.5 Å². The number of rotatable bonds is 6. The van der Waals surface area contributed by atoms with E-state index in [0.29, 0.717) is 30.3 Å². The lowest BCUT2D eigenvalue weighted by atomic mass is 9.94. The average Bonchev–Trinajstić information content (AvgIpc) is 2.95. The zero-order chi connectivity index (χ0) is 20.4. The third kappa shape index (κ3) is 3.88. The number of nitrogens with one attached hydrogen (secondary N) is 2. The summed E-state index contributed by atoms with van der Waals surface area (Å²) in [5.74, 6) is -0.0383. The van der Waals surface area contributed by atoms with Crippen molar-refractivity contribution in [2.24, 2.45) is 5.92 Å². The minimum atomic E-state index is -0.499. The molecule has 2 aliphatic heterocycles. The predicted molar refractivity (Wildman–Crippen MR) is 106 cm³/mol. The maximum atomic E-state index is 13.2. The molecule has 7 nitrogen and oxygen atoms in total. The first kappa shape index (κ1) is 19.9. The van der Waals surface area contributed by atoms with Crippen molar-refractivity contribution in [3.05, 3.63) is 46.7 Å². The Kier molecular flexibility index (Phi) is 5.72. The minimum absolute atomic E-state index is 0.00909. The van der Waals surface area contributed by atoms with E-state index in [1.54, 1.807) is 4.90 Å². The average molecular weight is 384 g/mol. The molecule has 1 unspecified atom stereocenters. The Hall–Kier alpha value is -2.83. The molecule has 0 saturated heterocycles. The molecular formula is C21H28N4O3. The molecule has 1 aromatic rings. The number of benzene rings is 1. The first-order chi connectivity index (χ1) is 13.3. The van der Waals surface area contributed by atoms with Gasteiger partial charge in [0.2, 0.25) is 5.91 Å². The van der Waals surface area contributed by atoms with Crippen molar-refractivity contribution < 1.29 is 14.4 Å². The third-order valence-electron chi connectivity index (χ3n) is 5.03. The number of aryl methyl sites for hydroxylation is 1. The second-order valence-corrected chi connectivity index (χ2v) is 7.76. The molecule has 0 spiro atoms. The van der Waals surface area contributed by atoms with E-state index in [1.165, 1.54) is 4.90 Å². The molecule has 0 bridgehead atoms. The molecule has 7 heteroatoms. The van der Waals surface area contributed by atoms with Crippen molar-refractivity contribution in [3.63, 3.8) is 0 Å². The van der Waals surface area contributed by atoms with Crippen molar-refractivity contribution in [2.75, 3.05) is 26.2 Å². The fourth-order valence-corrected chi connectivity index (χ4v) is 3.66. The zero-order valence-corrected chi connectivity index (χ0v) is 16.9. The van der Waals surface area contributed by atoms with Crippen molar-refractivity contribution in [2.45, 2.75) is 33.7 Å². The van der Waals surface area contributed by atoms with Gasteiger partial charge < -0.3 is 15.5 Å². The van der Waals surface area contributed by atoms with Crippen molar-refractivity contribution in [1.82, 2.24) is 20.4 Å². The van der Waals surface area contributed by atoms with Crippen molar-refractivity contribution in [3.8, 4) is 0 Å². The lowest BCUT2D eigenvalue weighted by Crippen LogP contribution is -2.47. The molecule has 3 rings (SSSR count). The summed E-state index contributed by atoms with van der Waals surface area (Å²) in [6.07, 6.45) is 0. The van der Waals surface area contributed by atoms with Crippen LogP contribution in [-0.4, -0.2) is 53.8 Å². The summed E-state index contributed by atoms with van der Waals surface area (Å²) in [7, 11) is 0. The number of likely N-dealkylation sites (N-methyl/N-ethyl adjacent to an activating group) is 1. The first-order valence-electron chi connectivity index (χ1n) is 9.75. The van der Waals surface area contributed by atoms with Crippen LogP contribution in [0.1, 0.15) is 37.9 Å². The number of hydrogen-bond acceptors (Lipinski definition) is 3. The lowest BCUT2D eigenvalue weighted by Gasteiger charge is -2.33. The van der Waals surface area contributed by atoms with Crippen LogP contribution in [0.3, 0.4) is 0 Å². The Morgan fingerprint density at radius 1 is 1.32 bits per heavy atom. The molecule has 0 fully saturated rings. The van der Waals surface area contributed by atoms with Gasteiger partial charge in [0, 0.05) is 13.1 Å². The third-order valence-corrected chi connectivity index (χ3v) is 5.03. The highest BCUT2D eigenvalue weighted by molar-refractivity contribution is 6.03. The second-order valence-electron chi connectivity index (χ2n) is 7.76. The summed E-state index contributed by atoms with van der Waals surface area (Å²) in [5.41, 5.74) is 3.18. The van der Waals surface area contributed by atoms with Gasteiger partial charge in [-0.3, -0.25) is 14.5 Å². The van der Waals surface area contributed by atoms with E-state index < -0.39 is 6.04 Å². The molecule has 0 saturated carbocycles. The van der Waals surface area contributed by atoms with Crippen LogP contribution in [0.5, 0.6) is 0 Å². The molecule has 0 radical (unpaired) electrons. The molecule has 150 valence electrons. The standard InChI is InChI=1S/C21H28N4O3/c1-5-25-16-11-24(12-17(26)22-10-13(2)3)20(27)18(16)19(23-21(25)28)15-8-6-7-14(4)9-15/h6-9,13,19H,5,10-12H2,1-4H3,(H,22,26)(H,23,28). The van der Waals surface area contributed by atoms with Crippen LogP contribution in [0, 0.1) is 12.8 Å². The molecule has 0 aliphatic carbocycles. The maximum Gasteiger partial charge on any atom is 0.322 e. The van der Waals surface area contributed by atoms with Gasteiger partial charge in [0.05, 0.1) is 23.9 Å². The maximum absolute atomic E-state index is 13.2. The van der Waals surface area contributed by atoms with E-state index in [9.17, 15) is 14.4 Å². The monoisotopic (exact) mass is 384 g/mol. The molecule has 2 aliphatic rings. The Labute approximate surface area is 165 Å². The van der Waals surface area contributed by atoms with Gasteiger partial charge in [-0.15, -0.1) is 0 Å². The van der Waals surface area contributed by atoms with Crippen molar-refractivity contribution >= 4 is 17.8 Å². The summed E-state index contributed by atoms with van der Waals surface area (Å²) < 4.78 is 0. The lowest BCUT2D eigenvalue weighted by molar-refractivity contribution is -0.132. The summed E-state index contributed by atoms with van der Waals surface area (Å²) >= 11 is 0. The van der Waals surface area contributed by atoms with Crippen LogP contribution in [0.25, 0.3) is 0 Å². The molecule has 0 aromatic heterocycles. The summed E-state index contributed by atoms with van der Waals surface area (Å²) in [4.78, 5) is 41.1. The van der Waals surface area contributed by atoms with Gasteiger partial charge in [-0.1, -0.05) is 43.7 Å². The molecule has 4 amide bonds. The molecule has 2 N–H and O–H groups in total. The Bertz CT molecular complexity index is 831. The number of urea groups is 1. The van der Waals surface area contributed by atoms with E-state index in [-0.39, 0.29) is 30.9 Å². The van der Waals surface area contributed by atoms with Crippen molar-refractivity contribution in [1.29, 1.82) is 0 Å². The normalized spacial score (nSPS) is 19.2. The quantitative estimate of drug-likeness (QED) is 0.787. The van der Waals surface area contributed by atoms with E-state index in [1.807, 2.05) is 52.0 Å². The smallest absolute Gasteiger partial charge is 0.322 e. The van der Waals surface area contributed by atoms with Gasteiger partial charge >= 0.3 is 6.03 Å². The van der Waals surface area contributed by atoms with Crippen LogP contribution in [-0.2, 0) is 9.59 Å². The van der Waals surface area contributed by atoms with Crippen LogP contribution < -0.4 is 10.6 Å². The van der Waals surface area contributed by atoms with Gasteiger partial charge in [0.1, 0.15) is 6.54 Å². The molecule has 1 aromatic carbocycles. The fourth-order valence-electron chi connectivity index (χ4n) is 3.66. The van der Waals surface area contributed by atoms with E-state index in [2.05, 4.69) is 10.6 Å². The Morgan fingerprint density at radius 2 is 2.07 bits per heavy atom. The van der Waals surface area contributed by atoms with Crippen LogP contribution in [0.4, 0.5) is 4.79 Å². The summed E-state index contributed by atoms with van der Waals surface area (Å²) in [5, 5.41) is 5.81. The van der Waals surface area contributed by atoms with Crippen LogP contribution >= 0.6 is 0 Å². The molecule has 1 atom stereocenters. The van der Waals surface area contributed by atoms with Gasteiger partial charge in [0.25, 0.3) is 5.91 Å². The number of carbonyl (C=O) groups excluding carboxylic acids is 3. The highest BCUT2D eigenvalue weighted by atomic mass is 16.2. The fraction of sp³-hybridized carbons (Fsp3) is 0.476. The number of hydrogen-bond donors (Lipinski definition) is 2. The van der Waals surface area contributed by atoms with Gasteiger partial charge in [-0.2, -0.15) is 0 Å². The SMILES string of the molecule is CCN1C(=O)NC(c2cccc(C)c2)C2=C1CN(CC(=O)NCC(C)C)C2=O. The van der Waals surface area contributed by atoms with Gasteiger partial charge in [-0.25, -0.2) is 4.79 Å². The second kappa shape index (κ2) is 8.04. The number of carbonyl (C=O) groups is 3. The zero-order valence-electron chi connectivity index (χ0n) is 16.9. The summed E-state index contributed by atoms with van der Waals surface area (Å²) in [6, 6.07) is 7.06. The van der Waals surface area contributed by atoms with E-state index in [4.69, 9.17) is 0 Å². The van der Waals surface area contributed by atoms with E-state index >= 15 is 0 Å². The highest BCUT2D eigenvalue weighted by Crippen LogP contribution is 2.36. The molecular weight excluding hydrogens is 356 g/mol.